The van der Waals surface area contributed by atoms with E-state index in [1.165, 1.54) is 79.9 Å². The van der Waals surface area contributed by atoms with Crippen LogP contribution in [0.4, 0.5) is 13.2 Å². The predicted molar refractivity (Wildman–Crippen MR) is 360 cm³/mol. The van der Waals surface area contributed by atoms with Crippen molar-refractivity contribution in [2.24, 2.45) is 17.8 Å². The van der Waals surface area contributed by atoms with Crippen molar-refractivity contribution < 1.29 is 70.7 Å². The number of rotatable bonds is 10. The molecular weight excluding hydrogens is 1290 g/mol. The van der Waals surface area contributed by atoms with E-state index in [-0.39, 0.29) is 57.4 Å². The van der Waals surface area contributed by atoms with Crippen molar-refractivity contribution in [2.75, 3.05) is 88.6 Å². The summed E-state index contributed by atoms with van der Waals surface area (Å²) < 4.78 is 41.6. The number of aryl methyl sites for hydroxylation is 1. The number of likely N-dealkylation sites (tertiary alicyclic amines) is 1. The van der Waals surface area contributed by atoms with Gasteiger partial charge in [-0.3, -0.25) is 57.5 Å². The Kier molecular flexibility index (Phi) is 27.8. The van der Waals surface area contributed by atoms with Gasteiger partial charge in [-0.05, 0) is 112 Å². The molecule has 6 aliphatic rings. The highest BCUT2D eigenvalue weighted by atomic mass is 35.5. The smallest absolute Gasteiger partial charge is 0.343 e. The first-order chi connectivity index (χ1) is 46.3. The number of hydrogen-bond acceptors (Lipinski definition) is 12. The Balaban J connectivity index is 1.27. The molecule has 6 fully saturated rings. The standard InChI is InChI=1S/C70H106ClF3N12O12/c1-11-44(3)59-66(96)80(6)42-57(89)78(4)43-58(90)82(8)53(39-45-24-15-13-16-25-45)64(94)79(5)41-55(87)75-50(32-30-46-29-31-48(49(71)38-46)70(72,73)74)63(93)86-37-23-28-52(86)62(92)77-69(33-19-20-34-69)68(98)84(10)60(47-26-17-14-18-27-47)67(97)83(9)54(65(95)85-35-21-22-36-85)40-56(88)81(7)51(12-2)61(91)76-59/h29,31,38,44-45,47,50-54,59-60H,11-28,30,32-37,39-43H2,1-10H3,(H,75,87)(H,76,91)(H,77,92)/t44-,50-,51-,52-,53-,54-,59-,60-/m0/s1. The van der Waals surface area contributed by atoms with Crippen LogP contribution in [0.5, 0.6) is 0 Å². The Morgan fingerprint density at radius 1 is 0.622 bits per heavy atom. The SMILES string of the molecule is CC[C@H](C)[C@@H]1NC(=O)[C@H](CC)N(C)C(=O)C[C@@H](C(=O)N2CCCC2)N(C)C(=O)[C@H](C2CCCCC2)N(C)C(=O)C2(CCCC2)NC(=O)[C@@H]2CCCN2C(=O)[C@H](CCc2ccc(C(F)(F)F)c(Cl)c2)NC(=O)CN(C)C(=O)[C@H](CC2CCCCC2)N(C)C(=O)CN(C)C(=O)CN(C)C1=O. The molecule has 28 heteroatoms. The predicted octanol–water partition coefficient (Wildman–Crippen LogP) is 5.40. The van der Waals surface area contributed by atoms with E-state index in [1.54, 1.807) is 18.7 Å². The van der Waals surface area contributed by atoms with E-state index in [0.29, 0.717) is 70.0 Å². The summed E-state index contributed by atoms with van der Waals surface area (Å²) in [5.74, 6) is -8.54. The van der Waals surface area contributed by atoms with Crippen LogP contribution in [0.3, 0.4) is 0 Å². The molecule has 3 N–H and O–H groups in total. The first-order valence-electron chi connectivity index (χ1n) is 35.5. The van der Waals surface area contributed by atoms with E-state index in [2.05, 4.69) is 16.0 Å². The second kappa shape index (κ2) is 34.8. The second-order valence-corrected chi connectivity index (χ2v) is 29.0. The van der Waals surface area contributed by atoms with Crippen molar-refractivity contribution in [3.05, 3.63) is 34.3 Å². The van der Waals surface area contributed by atoms with Gasteiger partial charge in [-0.2, -0.15) is 13.2 Å². The molecule has 1 spiro atoms. The van der Waals surface area contributed by atoms with Gasteiger partial charge in [0.1, 0.15) is 47.8 Å². The summed E-state index contributed by atoms with van der Waals surface area (Å²) in [6.45, 7) is 4.40. The summed E-state index contributed by atoms with van der Waals surface area (Å²) >= 11 is 6.15. The largest absolute Gasteiger partial charge is 0.417 e. The number of likely N-dealkylation sites (N-methyl/N-ethyl adjacent to an activating group) is 7. The highest BCUT2D eigenvalue weighted by Gasteiger charge is 2.51. The summed E-state index contributed by atoms with van der Waals surface area (Å²) in [5.41, 5.74) is -2.33. The minimum atomic E-state index is -4.76. The average Bonchev–Trinajstić information content (AvgIpc) is 1.49. The van der Waals surface area contributed by atoms with Gasteiger partial charge in [0.25, 0.3) is 0 Å². The minimum absolute atomic E-state index is 0.0220. The van der Waals surface area contributed by atoms with Crippen molar-refractivity contribution in [3.8, 4) is 0 Å². The lowest BCUT2D eigenvalue weighted by Crippen LogP contribution is -2.65. The number of nitrogens with one attached hydrogen (secondary N) is 3. The van der Waals surface area contributed by atoms with Crippen molar-refractivity contribution >= 4 is 82.5 Å². The topological polar surface area (TPSA) is 270 Å². The van der Waals surface area contributed by atoms with Crippen molar-refractivity contribution in [1.29, 1.82) is 0 Å². The number of alkyl halides is 3. The van der Waals surface area contributed by atoms with Gasteiger partial charge in [0, 0.05) is 69.0 Å². The maximum Gasteiger partial charge on any atom is 0.417 e. The zero-order valence-electron chi connectivity index (χ0n) is 59.2. The molecule has 3 aliphatic heterocycles. The maximum atomic E-state index is 15.7. The van der Waals surface area contributed by atoms with Gasteiger partial charge in [-0.25, -0.2) is 0 Å². The number of nitrogens with zero attached hydrogens (tertiary/aromatic N) is 9. The van der Waals surface area contributed by atoms with Gasteiger partial charge in [-0.1, -0.05) is 109 Å². The van der Waals surface area contributed by atoms with Gasteiger partial charge in [-0.15, -0.1) is 0 Å². The van der Waals surface area contributed by atoms with Crippen LogP contribution >= 0.6 is 11.6 Å². The molecule has 98 heavy (non-hydrogen) atoms. The molecule has 546 valence electrons. The van der Waals surface area contributed by atoms with E-state index in [1.807, 2.05) is 6.92 Å². The zero-order chi connectivity index (χ0) is 72.1. The maximum absolute atomic E-state index is 15.7. The summed E-state index contributed by atoms with van der Waals surface area (Å²) in [6.07, 6.45) is 6.23. The normalized spacial score (nSPS) is 27.1. The fourth-order valence-electron chi connectivity index (χ4n) is 15.4. The first kappa shape index (κ1) is 78.3. The van der Waals surface area contributed by atoms with Crippen LogP contribution in [0.1, 0.15) is 180 Å². The Bertz CT molecular complexity index is 3060. The third kappa shape index (κ3) is 19.1. The van der Waals surface area contributed by atoms with Crippen molar-refractivity contribution in [1.82, 2.24) is 60.0 Å². The van der Waals surface area contributed by atoms with Gasteiger partial charge >= 0.3 is 6.18 Å². The molecule has 3 heterocycles. The Morgan fingerprint density at radius 3 is 1.83 bits per heavy atom. The third-order valence-electron chi connectivity index (χ3n) is 21.8. The summed E-state index contributed by atoms with van der Waals surface area (Å²) in [6, 6.07) is -5.47. The Hall–Kier alpha value is -7.06. The number of benzene rings is 1. The van der Waals surface area contributed by atoms with E-state index in [0.717, 1.165) is 78.2 Å². The molecule has 7 rings (SSSR count). The Labute approximate surface area is 580 Å². The molecule has 0 unspecified atom stereocenters. The molecule has 3 saturated carbocycles. The van der Waals surface area contributed by atoms with E-state index < -0.39 is 173 Å². The van der Waals surface area contributed by atoms with Crippen molar-refractivity contribution in [3.63, 3.8) is 0 Å². The van der Waals surface area contributed by atoms with Crippen LogP contribution < -0.4 is 16.0 Å². The molecule has 3 saturated heterocycles. The van der Waals surface area contributed by atoms with Crippen LogP contribution in [0.15, 0.2) is 18.2 Å². The molecule has 1 aromatic carbocycles. The Morgan fingerprint density at radius 2 is 1.22 bits per heavy atom. The zero-order valence-corrected chi connectivity index (χ0v) is 59.9. The third-order valence-corrected chi connectivity index (χ3v) is 22.1. The monoisotopic (exact) mass is 1400 g/mol. The van der Waals surface area contributed by atoms with E-state index in [9.17, 15) is 51.5 Å². The number of amides is 12. The summed E-state index contributed by atoms with van der Waals surface area (Å²) in [5, 5.41) is 8.12. The van der Waals surface area contributed by atoms with Crippen LogP contribution in [0, 0.1) is 17.8 Å². The van der Waals surface area contributed by atoms with E-state index >= 15 is 19.2 Å². The van der Waals surface area contributed by atoms with Crippen molar-refractivity contribution in [2.45, 2.75) is 229 Å². The summed E-state index contributed by atoms with van der Waals surface area (Å²) in [7, 11) is 9.95. The summed E-state index contributed by atoms with van der Waals surface area (Å²) in [4.78, 5) is 189. The number of halogens is 4. The van der Waals surface area contributed by atoms with Gasteiger partial charge in [0.2, 0.25) is 70.9 Å². The van der Waals surface area contributed by atoms with Gasteiger partial charge in [0.05, 0.1) is 36.6 Å². The van der Waals surface area contributed by atoms with E-state index in [4.69, 9.17) is 11.6 Å². The lowest BCUT2D eigenvalue weighted by Gasteiger charge is -2.43. The van der Waals surface area contributed by atoms with Gasteiger partial charge < -0.3 is 60.0 Å². The molecule has 12 amide bonds. The number of hydrogen-bond donors (Lipinski definition) is 3. The fourth-order valence-corrected chi connectivity index (χ4v) is 15.7. The molecule has 24 nitrogen and oxygen atoms in total. The molecule has 0 radical (unpaired) electrons. The molecule has 0 aromatic heterocycles. The van der Waals surface area contributed by atoms with Crippen LogP contribution in [0.2, 0.25) is 5.02 Å². The number of fused-ring (bicyclic) bond motifs is 1. The molecule has 3 aliphatic carbocycles. The first-order valence-corrected chi connectivity index (χ1v) is 35.9. The fraction of sp³-hybridized carbons (Fsp3) is 0.743. The average molecular weight is 1400 g/mol. The molecule has 0 bridgehead atoms. The quantitative estimate of drug-likeness (QED) is 0.266. The molecule has 8 atom stereocenters. The highest BCUT2D eigenvalue weighted by molar-refractivity contribution is 6.31. The lowest BCUT2D eigenvalue weighted by atomic mass is 9.81. The highest BCUT2D eigenvalue weighted by Crippen LogP contribution is 2.38. The number of carbonyl (C=O) groups excluding carboxylic acids is 12. The van der Waals surface area contributed by atoms with Gasteiger partial charge in [0.15, 0.2) is 0 Å². The number of carbonyl (C=O) groups is 12. The van der Waals surface area contributed by atoms with Crippen LogP contribution in [-0.2, 0) is 70.1 Å². The van der Waals surface area contributed by atoms with Crippen LogP contribution in [0.25, 0.3) is 0 Å². The second-order valence-electron chi connectivity index (χ2n) is 28.6. The molecule has 1 aromatic rings. The van der Waals surface area contributed by atoms with Crippen LogP contribution in [-0.4, -0.2) is 251 Å². The minimum Gasteiger partial charge on any atom is -0.343 e. The molecular formula is C70H106ClF3N12O12. The lowest BCUT2D eigenvalue weighted by molar-refractivity contribution is -0.156.